The summed E-state index contributed by atoms with van der Waals surface area (Å²) in [6.45, 7) is 0. The van der Waals surface area contributed by atoms with Crippen molar-refractivity contribution in [2.24, 2.45) is 17.6 Å². The number of carbonyl (C=O) groups excluding carboxylic acids is 1. The maximum atomic E-state index is 13.1. The van der Waals surface area contributed by atoms with Crippen LogP contribution < -0.4 is 5.73 Å². The van der Waals surface area contributed by atoms with Crippen LogP contribution in [0.2, 0.25) is 0 Å². The third-order valence-corrected chi connectivity index (χ3v) is 10.4. The Morgan fingerprint density at radius 1 is 1.25 bits per heavy atom. The summed E-state index contributed by atoms with van der Waals surface area (Å²) >= 11 is 1.25. The lowest BCUT2D eigenvalue weighted by Gasteiger charge is -2.40. The average molecular weight is 421 g/mol. The number of piperidine rings is 2. The number of carbonyl (C=O) groups is 1. The lowest BCUT2D eigenvalue weighted by atomic mass is 9.85. The van der Waals surface area contributed by atoms with Gasteiger partial charge in [-0.05, 0) is 61.8 Å². The number of likely N-dealkylation sites (tertiary alicyclic amines) is 1. The second-order valence-corrected chi connectivity index (χ2v) is 11.6. The second kappa shape index (κ2) is 6.52. The summed E-state index contributed by atoms with van der Waals surface area (Å²) in [5.41, 5.74) is 6.40. The van der Waals surface area contributed by atoms with Crippen molar-refractivity contribution in [1.82, 2.24) is 9.21 Å². The van der Waals surface area contributed by atoms with E-state index in [2.05, 4.69) is 6.07 Å². The fourth-order valence-corrected chi connectivity index (χ4v) is 8.62. The lowest BCUT2D eigenvalue weighted by Crippen LogP contribution is -2.55. The number of amides is 1. The molecular weight excluding hydrogens is 396 g/mol. The van der Waals surface area contributed by atoms with Crippen LogP contribution in [0.25, 0.3) is 0 Å². The first kappa shape index (κ1) is 18.6. The summed E-state index contributed by atoms with van der Waals surface area (Å²) in [6.07, 6.45) is 4.63. The highest BCUT2D eigenvalue weighted by Gasteiger charge is 2.56. The summed E-state index contributed by atoms with van der Waals surface area (Å²) in [6, 6.07) is 4.68. The molecule has 1 aromatic heterocycles. The van der Waals surface area contributed by atoms with Gasteiger partial charge in [0.05, 0.1) is 12.1 Å². The van der Waals surface area contributed by atoms with Crippen LogP contribution in [-0.4, -0.2) is 53.7 Å². The Kier molecular flexibility index (Phi) is 4.32. The molecule has 2 N–H and O–H groups in total. The summed E-state index contributed by atoms with van der Waals surface area (Å²) in [4.78, 5) is 14.8. The molecule has 3 aliphatic heterocycles. The number of nitrogens with two attached hydrogens (primary N) is 1. The third-order valence-electron chi connectivity index (χ3n) is 7.03. The highest BCUT2D eigenvalue weighted by atomic mass is 32.2. The summed E-state index contributed by atoms with van der Waals surface area (Å²) in [7, 11) is -3.48. The van der Waals surface area contributed by atoms with Gasteiger partial charge in [-0.1, -0.05) is 6.07 Å². The molecule has 1 aliphatic carbocycles. The van der Waals surface area contributed by atoms with Crippen molar-refractivity contribution in [2.75, 3.05) is 0 Å². The summed E-state index contributed by atoms with van der Waals surface area (Å²) in [5, 5.41) is 11.1. The van der Waals surface area contributed by atoms with E-state index < -0.39 is 16.1 Å². The zero-order chi connectivity index (χ0) is 19.6. The van der Waals surface area contributed by atoms with Crippen molar-refractivity contribution in [3.8, 4) is 6.07 Å². The van der Waals surface area contributed by atoms with E-state index in [1.54, 1.807) is 26.7 Å². The Labute approximate surface area is 169 Å². The standard InChI is InChI=1S/C19H24N4O3S2/c20-10-15-6-11-9-16(11)22(15)19(24)18(21)12-7-13-3-4-14(8-12)23(13)28(25,26)17-2-1-5-27-17/h1-2,5,11-16,18H,3-4,6-9,21H2/t11-,12?,13?,14?,15+,16+,18+/m1/s1. The van der Waals surface area contributed by atoms with Crippen molar-refractivity contribution in [1.29, 1.82) is 5.26 Å². The Balaban J connectivity index is 1.32. The average Bonchev–Trinajstić information content (AvgIpc) is 3.06. The predicted molar refractivity (Wildman–Crippen MR) is 104 cm³/mol. The number of nitrogens with zero attached hydrogens (tertiary/aromatic N) is 3. The lowest BCUT2D eigenvalue weighted by molar-refractivity contribution is -0.135. The highest BCUT2D eigenvalue weighted by Crippen LogP contribution is 2.49. The number of nitriles is 1. The van der Waals surface area contributed by atoms with Gasteiger partial charge in [0.1, 0.15) is 10.3 Å². The zero-order valence-electron chi connectivity index (χ0n) is 15.5. The van der Waals surface area contributed by atoms with E-state index in [4.69, 9.17) is 5.73 Å². The van der Waals surface area contributed by atoms with E-state index in [0.29, 0.717) is 23.0 Å². The number of fused-ring (bicyclic) bond motifs is 3. The van der Waals surface area contributed by atoms with Gasteiger partial charge in [0.25, 0.3) is 10.0 Å². The predicted octanol–water partition coefficient (Wildman–Crippen LogP) is 1.52. The van der Waals surface area contributed by atoms with E-state index in [-0.39, 0.29) is 36.0 Å². The van der Waals surface area contributed by atoms with Gasteiger partial charge in [-0.2, -0.15) is 9.57 Å². The van der Waals surface area contributed by atoms with Gasteiger partial charge in [-0.3, -0.25) is 4.79 Å². The number of sulfonamides is 1. The monoisotopic (exact) mass is 420 g/mol. The molecular formula is C19H24N4O3S2. The Hall–Kier alpha value is -1.47. The first-order valence-electron chi connectivity index (χ1n) is 9.96. The maximum Gasteiger partial charge on any atom is 0.253 e. The molecule has 3 saturated heterocycles. The first-order chi connectivity index (χ1) is 13.4. The highest BCUT2D eigenvalue weighted by molar-refractivity contribution is 7.91. The molecule has 0 aromatic carbocycles. The molecule has 4 heterocycles. The molecule has 2 bridgehead atoms. The topological polar surface area (TPSA) is 108 Å². The van der Waals surface area contributed by atoms with Gasteiger partial charge >= 0.3 is 0 Å². The van der Waals surface area contributed by atoms with Gasteiger partial charge in [0, 0.05) is 18.1 Å². The minimum atomic E-state index is -3.48. The van der Waals surface area contributed by atoms with Gasteiger partial charge in [0.2, 0.25) is 5.91 Å². The number of hydrogen-bond acceptors (Lipinski definition) is 6. The third kappa shape index (κ3) is 2.73. The van der Waals surface area contributed by atoms with Crippen LogP contribution in [0.5, 0.6) is 0 Å². The number of hydrogen-bond donors (Lipinski definition) is 1. The van der Waals surface area contributed by atoms with Crippen LogP contribution in [-0.2, 0) is 14.8 Å². The molecule has 5 rings (SSSR count). The van der Waals surface area contributed by atoms with Gasteiger partial charge in [-0.15, -0.1) is 11.3 Å². The molecule has 1 saturated carbocycles. The Bertz CT molecular complexity index is 911. The van der Waals surface area contributed by atoms with Crippen LogP contribution in [0.3, 0.4) is 0 Å². The molecule has 7 nitrogen and oxygen atoms in total. The number of thiophene rings is 1. The van der Waals surface area contributed by atoms with Crippen molar-refractivity contribution in [3.05, 3.63) is 17.5 Å². The Morgan fingerprint density at radius 2 is 1.96 bits per heavy atom. The van der Waals surface area contributed by atoms with Crippen LogP contribution >= 0.6 is 11.3 Å². The van der Waals surface area contributed by atoms with Gasteiger partial charge < -0.3 is 10.6 Å². The minimum absolute atomic E-state index is 0.0306. The summed E-state index contributed by atoms with van der Waals surface area (Å²) < 4.78 is 28.2. The van der Waals surface area contributed by atoms with E-state index in [1.165, 1.54) is 11.3 Å². The van der Waals surface area contributed by atoms with Crippen molar-refractivity contribution in [3.63, 3.8) is 0 Å². The van der Waals surface area contributed by atoms with Crippen molar-refractivity contribution < 1.29 is 13.2 Å². The smallest absolute Gasteiger partial charge is 0.253 e. The maximum absolute atomic E-state index is 13.1. The van der Waals surface area contributed by atoms with Crippen LogP contribution in [0, 0.1) is 23.2 Å². The molecule has 1 amide bonds. The second-order valence-electron chi connectivity index (χ2n) is 8.60. The van der Waals surface area contributed by atoms with Crippen LogP contribution in [0.4, 0.5) is 0 Å². The SMILES string of the molecule is N#C[C@@H]1C[C@@H]2C[C@@H]2N1C(=O)[C@@H](N)C1CC2CCC(C1)N2S(=O)(=O)c1cccs1. The molecule has 4 fully saturated rings. The first-order valence-corrected chi connectivity index (χ1v) is 12.3. The molecule has 0 spiro atoms. The Morgan fingerprint density at radius 3 is 2.57 bits per heavy atom. The minimum Gasteiger partial charge on any atom is -0.322 e. The van der Waals surface area contributed by atoms with E-state index >= 15 is 0 Å². The molecule has 1 aromatic rings. The molecule has 0 radical (unpaired) electrons. The molecule has 6 atom stereocenters. The van der Waals surface area contributed by atoms with Gasteiger partial charge in [0.15, 0.2) is 0 Å². The molecule has 9 heteroatoms. The van der Waals surface area contributed by atoms with Crippen molar-refractivity contribution in [2.45, 2.75) is 72.9 Å². The quantitative estimate of drug-likeness (QED) is 0.795. The molecule has 150 valence electrons. The fourth-order valence-electron chi connectivity index (χ4n) is 5.64. The van der Waals surface area contributed by atoms with E-state index in [1.807, 2.05) is 0 Å². The zero-order valence-corrected chi connectivity index (χ0v) is 17.1. The fraction of sp³-hybridized carbons (Fsp3) is 0.684. The van der Waals surface area contributed by atoms with Crippen LogP contribution in [0.1, 0.15) is 38.5 Å². The van der Waals surface area contributed by atoms with Crippen molar-refractivity contribution >= 4 is 27.3 Å². The van der Waals surface area contributed by atoms with Gasteiger partial charge in [-0.25, -0.2) is 8.42 Å². The molecule has 4 aliphatic rings. The van der Waals surface area contributed by atoms with E-state index in [0.717, 1.165) is 25.7 Å². The summed E-state index contributed by atoms with van der Waals surface area (Å²) in [5.74, 6) is 0.321. The largest absolute Gasteiger partial charge is 0.322 e. The van der Waals surface area contributed by atoms with Crippen LogP contribution in [0.15, 0.2) is 21.7 Å². The normalized spacial score (nSPS) is 38.1. The number of rotatable bonds is 4. The molecule has 28 heavy (non-hydrogen) atoms. The molecule has 2 unspecified atom stereocenters. The van der Waals surface area contributed by atoms with E-state index in [9.17, 15) is 18.5 Å².